The molecule has 0 saturated carbocycles. The molecule has 94 valence electrons. The molecule has 2 heterocycles. The maximum Gasteiger partial charge on any atom is 0.230 e. The van der Waals surface area contributed by atoms with Crippen LogP contribution < -0.4 is 4.72 Å². The van der Waals surface area contributed by atoms with Crippen LogP contribution in [0.3, 0.4) is 0 Å². The number of rotatable bonds is 3. The van der Waals surface area contributed by atoms with Gasteiger partial charge in [0.25, 0.3) is 0 Å². The lowest BCUT2D eigenvalue weighted by atomic mass is 10.2. The molecule has 2 rings (SSSR count). The van der Waals surface area contributed by atoms with Gasteiger partial charge in [0.05, 0.1) is 25.0 Å². The Hall–Kier alpha value is -0.700. The van der Waals surface area contributed by atoms with E-state index in [-0.39, 0.29) is 5.82 Å². The van der Waals surface area contributed by atoms with Crippen molar-refractivity contribution in [2.24, 2.45) is 0 Å². The first-order valence-corrected chi connectivity index (χ1v) is 7.50. The predicted molar refractivity (Wildman–Crippen MR) is 65.0 cm³/mol. The monoisotopic (exact) mass is 322 g/mol. The van der Waals surface area contributed by atoms with Crippen LogP contribution >= 0.6 is 15.9 Å². The number of nitrogens with one attached hydrogen (secondary N) is 1. The Morgan fingerprint density at radius 3 is 2.71 bits per heavy atom. The minimum atomic E-state index is -3.38. The summed E-state index contributed by atoms with van der Waals surface area (Å²) in [7, 11) is -3.38. The fourth-order valence-corrected chi connectivity index (χ4v) is 2.30. The van der Waals surface area contributed by atoms with Crippen molar-refractivity contribution in [2.45, 2.75) is 6.29 Å². The minimum Gasteiger partial charge on any atom is -0.346 e. The van der Waals surface area contributed by atoms with Crippen molar-refractivity contribution in [3.05, 3.63) is 22.3 Å². The van der Waals surface area contributed by atoms with E-state index in [0.29, 0.717) is 18.8 Å². The van der Waals surface area contributed by atoms with E-state index in [0.717, 1.165) is 10.7 Å². The van der Waals surface area contributed by atoms with Crippen LogP contribution in [0.5, 0.6) is 0 Å². The number of aromatic nitrogens is 1. The van der Waals surface area contributed by atoms with Gasteiger partial charge in [-0.3, -0.25) is 4.72 Å². The predicted octanol–water partition coefficient (Wildman–Crippen LogP) is 1.26. The van der Waals surface area contributed by atoms with E-state index in [1.54, 1.807) is 6.07 Å². The van der Waals surface area contributed by atoms with Gasteiger partial charge in [0.2, 0.25) is 10.0 Å². The largest absolute Gasteiger partial charge is 0.346 e. The number of pyridine rings is 1. The Bertz CT molecular complexity index is 514. The van der Waals surface area contributed by atoms with E-state index in [2.05, 4.69) is 25.6 Å². The molecule has 1 saturated heterocycles. The number of hydrogen-bond donors (Lipinski definition) is 1. The first-order valence-electron chi connectivity index (χ1n) is 4.82. The Kier molecular flexibility index (Phi) is 3.67. The van der Waals surface area contributed by atoms with Gasteiger partial charge >= 0.3 is 0 Å². The number of hydrogen-bond acceptors (Lipinski definition) is 5. The third kappa shape index (κ3) is 3.38. The molecule has 1 aliphatic rings. The molecule has 0 radical (unpaired) electrons. The second-order valence-electron chi connectivity index (χ2n) is 3.54. The lowest BCUT2D eigenvalue weighted by Gasteiger charge is -2.14. The van der Waals surface area contributed by atoms with Crippen molar-refractivity contribution < 1.29 is 17.9 Å². The summed E-state index contributed by atoms with van der Waals surface area (Å²) in [5.41, 5.74) is 0.558. The summed E-state index contributed by atoms with van der Waals surface area (Å²) in [6.45, 7) is 0.963. The highest BCUT2D eigenvalue weighted by atomic mass is 79.9. The van der Waals surface area contributed by atoms with Crippen molar-refractivity contribution in [2.75, 3.05) is 24.2 Å². The molecule has 1 aliphatic heterocycles. The van der Waals surface area contributed by atoms with Crippen LogP contribution in [0.4, 0.5) is 5.82 Å². The minimum absolute atomic E-state index is 0.225. The van der Waals surface area contributed by atoms with Gasteiger partial charge in [-0.05, 0) is 22.0 Å². The van der Waals surface area contributed by atoms with Crippen LogP contribution in [0.2, 0.25) is 0 Å². The summed E-state index contributed by atoms with van der Waals surface area (Å²) in [6, 6.07) is 1.72. The number of halogens is 1. The molecule has 0 unspecified atom stereocenters. The van der Waals surface area contributed by atoms with Crippen LogP contribution in [-0.2, 0) is 19.5 Å². The molecule has 0 amide bonds. The van der Waals surface area contributed by atoms with Gasteiger partial charge in [0.15, 0.2) is 6.29 Å². The third-order valence-corrected chi connectivity index (χ3v) is 3.04. The average Bonchev–Trinajstić information content (AvgIpc) is 2.71. The molecule has 1 aromatic rings. The SMILES string of the molecule is CS(=O)(=O)Nc1ncc(Br)cc1C1OCCO1. The number of sulfonamides is 1. The second kappa shape index (κ2) is 4.89. The van der Waals surface area contributed by atoms with E-state index in [4.69, 9.17) is 9.47 Å². The van der Waals surface area contributed by atoms with Crippen LogP contribution in [0.1, 0.15) is 11.9 Å². The molecule has 1 N–H and O–H groups in total. The maximum absolute atomic E-state index is 11.2. The van der Waals surface area contributed by atoms with Gasteiger partial charge < -0.3 is 9.47 Å². The van der Waals surface area contributed by atoms with Gasteiger partial charge in [0.1, 0.15) is 5.82 Å². The molecule has 1 fully saturated rings. The second-order valence-corrected chi connectivity index (χ2v) is 6.20. The van der Waals surface area contributed by atoms with E-state index in [1.165, 1.54) is 6.20 Å². The van der Waals surface area contributed by atoms with Crippen molar-refractivity contribution in [1.82, 2.24) is 4.98 Å². The highest BCUT2D eigenvalue weighted by molar-refractivity contribution is 9.10. The zero-order chi connectivity index (χ0) is 12.5. The van der Waals surface area contributed by atoms with Crippen molar-refractivity contribution in [1.29, 1.82) is 0 Å². The van der Waals surface area contributed by atoms with Crippen LogP contribution in [-0.4, -0.2) is 32.9 Å². The highest BCUT2D eigenvalue weighted by Gasteiger charge is 2.23. The van der Waals surface area contributed by atoms with E-state index in [1.807, 2.05) is 0 Å². The summed E-state index contributed by atoms with van der Waals surface area (Å²) in [5.74, 6) is 0.225. The van der Waals surface area contributed by atoms with Crippen LogP contribution in [0, 0.1) is 0 Å². The summed E-state index contributed by atoms with van der Waals surface area (Å²) >= 11 is 3.27. The average molecular weight is 323 g/mol. The normalized spacial score (nSPS) is 17.3. The molecular formula is C9H11BrN2O4S. The molecule has 0 aliphatic carbocycles. The van der Waals surface area contributed by atoms with Gasteiger partial charge in [-0.2, -0.15) is 0 Å². The molecule has 0 aromatic carbocycles. The van der Waals surface area contributed by atoms with E-state index < -0.39 is 16.3 Å². The summed E-state index contributed by atoms with van der Waals surface area (Å²) in [6.07, 6.45) is 1.99. The molecule has 0 atom stereocenters. The fourth-order valence-electron chi connectivity index (χ4n) is 1.43. The topological polar surface area (TPSA) is 77.5 Å². The number of ether oxygens (including phenoxy) is 2. The number of nitrogens with zero attached hydrogens (tertiary/aromatic N) is 1. The Morgan fingerprint density at radius 1 is 1.47 bits per heavy atom. The molecule has 17 heavy (non-hydrogen) atoms. The molecule has 6 nitrogen and oxygen atoms in total. The zero-order valence-electron chi connectivity index (χ0n) is 9.01. The maximum atomic E-state index is 11.2. The van der Waals surface area contributed by atoms with Gasteiger partial charge in [-0.15, -0.1) is 0 Å². The van der Waals surface area contributed by atoms with Crippen molar-refractivity contribution in [3.63, 3.8) is 0 Å². The highest BCUT2D eigenvalue weighted by Crippen LogP contribution is 2.30. The quantitative estimate of drug-likeness (QED) is 0.906. The van der Waals surface area contributed by atoms with E-state index in [9.17, 15) is 8.42 Å². The van der Waals surface area contributed by atoms with Crippen molar-refractivity contribution >= 4 is 31.8 Å². The first-order chi connectivity index (χ1) is 7.96. The molecule has 0 bridgehead atoms. The molecular weight excluding hydrogens is 312 g/mol. The standard InChI is InChI=1S/C9H11BrN2O4S/c1-17(13,14)12-8-7(4-6(10)5-11-8)9-15-2-3-16-9/h4-5,9H,2-3H2,1H3,(H,11,12). The Morgan fingerprint density at radius 2 is 2.12 bits per heavy atom. The van der Waals surface area contributed by atoms with Crippen LogP contribution in [0.25, 0.3) is 0 Å². The summed E-state index contributed by atoms with van der Waals surface area (Å²) in [5, 5.41) is 0. The molecule has 8 heteroatoms. The lowest BCUT2D eigenvalue weighted by Crippen LogP contribution is -2.14. The van der Waals surface area contributed by atoms with Gasteiger partial charge in [-0.25, -0.2) is 13.4 Å². The molecule has 0 spiro atoms. The zero-order valence-corrected chi connectivity index (χ0v) is 11.4. The van der Waals surface area contributed by atoms with Gasteiger partial charge in [-0.1, -0.05) is 0 Å². The first kappa shape index (κ1) is 12.7. The van der Waals surface area contributed by atoms with Crippen molar-refractivity contribution in [3.8, 4) is 0 Å². The summed E-state index contributed by atoms with van der Waals surface area (Å²) < 4.78 is 36.1. The lowest BCUT2D eigenvalue weighted by molar-refractivity contribution is -0.0437. The van der Waals surface area contributed by atoms with Crippen LogP contribution in [0.15, 0.2) is 16.7 Å². The number of anilines is 1. The van der Waals surface area contributed by atoms with Gasteiger partial charge in [0, 0.05) is 10.7 Å². The molecule has 1 aromatic heterocycles. The fraction of sp³-hybridized carbons (Fsp3) is 0.444. The Balaban J connectivity index is 2.36. The van der Waals surface area contributed by atoms with E-state index >= 15 is 0 Å². The Labute approximate surface area is 108 Å². The smallest absolute Gasteiger partial charge is 0.230 e. The summed E-state index contributed by atoms with van der Waals surface area (Å²) in [4.78, 5) is 4.01. The third-order valence-electron chi connectivity index (χ3n) is 2.04.